The average molecular weight is 276 g/mol. The highest BCUT2D eigenvalue weighted by molar-refractivity contribution is 7.90. The van der Waals surface area contributed by atoms with Crippen LogP contribution in [0.5, 0.6) is 0 Å². The van der Waals surface area contributed by atoms with Crippen LogP contribution in [-0.4, -0.2) is 43.1 Å². The number of nitrogens with one attached hydrogen (secondary N) is 1. The van der Waals surface area contributed by atoms with E-state index in [4.69, 9.17) is 0 Å². The summed E-state index contributed by atoms with van der Waals surface area (Å²) >= 11 is 0. The number of sulfonamides is 1. The fraction of sp³-hybridized carbons (Fsp3) is 1.00. The zero-order valence-electron chi connectivity index (χ0n) is 12.4. The summed E-state index contributed by atoms with van der Waals surface area (Å²) in [5.74, 6) is 0.443. The first-order valence-corrected chi connectivity index (χ1v) is 8.31. The lowest BCUT2D eigenvalue weighted by Crippen LogP contribution is -2.49. The third-order valence-corrected chi connectivity index (χ3v) is 5.97. The number of hydrogen-bond acceptors (Lipinski definition) is 3. The molecular formula is C13H28N2O2S. The van der Waals surface area contributed by atoms with Crippen LogP contribution in [0.4, 0.5) is 0 Å². The summed E-state index contributed by atoms with van der Waals surface area (Å²) in [6.45, 7) is 11.8. The van der Waals surface area contributed by atoms with E-state index in [9.17, 15) is 8.42 Å². The van der Waals surface area contributed by atoms with Gasteiger partial charge in [0.2, 0.25) is 10.0 Å². The summed E-state index contributed by atoms with van der Waals surface area (Å²) in [6, 6.07) is 0.458. The third kappa shape index (κ3) is 3.93. The van der Waals surface area contributed by atoms with Gasteiger partial charge in [-0.05, 0) is 46.1 Å². The molecule has 5 heteroatoms. The molecule has 0 saturated carbocycles. The molecule has 1 fully saturated rings. The van der Waals surface area contributed by atoms with Crippen LogP contribution in [0, 0.1) is 5.92 Å². The lowest BCUT2D eigenvalue weighted by Gasteiger charge is -2.36. The Kier molecular flexibility index (Phi) is 5.21. The average Bonchev–Trinajstić information content (AvgIpc) is 2.25. The van der Waals surface area contributed by atoms with Gasteiger partial charge in [0.15, 0.2) is 0 Å². The second-order valence-corrected chi connectivity index (χ2v) is 9.24. The molecular weight excluding hydrogens is 248 g/mol. The summed E-state index contributed by atoms with van der Waals surface area (Å²) in [7, 11) is -3.17. The van der Waals surface area contributed by atoms with Crippen molar-refractivity contribution >= 4 is 10.0 Å². The maximum atomic E-state index is 12.4. The van der Waals surface area contributed by atoms with Gasteiger partial charge in [-0.3, -0.25) is 0 Å². The Labute approximate surface area is 112 Å². The van der Waals surface area contributed by atoms with E-state index < -0.39 is 14.8 Å². The zero-order chi connectivity index (χ0) is 14.0. The standard InChI is InChI=1S/C13H28N2O2S/c1-11(2)14-9-12-7-6-8-15(10-12)18(16,17)13(3,4)5/h11-12,14H,6-10H2,1-5H3. The van der Waals surface area contributed by atoms with Crippen molar-refractivity contribution in [3.05, 3.63) is 0 Å². The maximum Gasteiger partial charge on any atom is 0.219 e. The van der Waals surface area contributed by atoms with Crippen molar-refractivity contribution in [1.29, 1.82) is 0 Å². The molecule has 18 heavy (non-hydrogen) atoms. The van der Waals surface area contributed by atoms with Crippen molar-refractivity contribution in [3.63, 3.8) is 0 Å². The van der Waals surface area contributed by atoms with Crippen LogP contribution >= 0.6 is 0 Å². The van der Waals surface area contributed by atoms with Crippen molar-refractivity contribution < 1.29 is 8.42 Å². The molecule has 1 N–H and O–H groups in total. The Balaban J connectivity index is 2.64. The van der Waals surface area contributed by atoms with E-state index in [1.54, 1.807) is 25.1 Å². The van der Waals surface area contributed by atoms with Crippen LogP contribution in [-0.2, 0) is 10.0 Å². The van der Waals surface area contributed by atoms with Crippen molar-refractivity contribution in [2.45, 2.75) is 58.2 Å². The molecule has 4 nitrogen and oxygen atoms in total. The van der Waals surface area contributed by atoms with E-state index in [0.29, 0.717) is 25.0 Å². The molecule has 0 aromatic rings. The Morgan fingerprint density at radius 3 is 2.44 bits per heavy atom. The van der Waals surface area contributed by atoms with Crippen LogP contribution in [0.25, 0.3) is 0 Å². The van der Waals surface area contributed by atoms with Gasteiger partial charge in [-0.25, -0.2) is 12.7 Å². The molecule has 108 valence electrons. The molecule has 1 heterocycles. The van der Waals surface area contributed by atoms with E-state index in [1.807, 2.05) is 0 Å². The Morgan fingerprint density at radius 2 is 1.94 bits per heavy atom. The van der Waals surface area contributed by atoms with Crippen LogP contribution < -0.4 is 5.32 Å². The maximum absolute atomic E-state index is 12.4. The SMILES string of the molecule is CC(C)NCC1CCCN(S(=O)(=O)C(C)(C)C)C1. The van der Waals surface area contributed by atoms with E-state index in [2.05, 4.69) is 19.2 Å². The molecule has 0 amide bonds. The normalized spacial score (nSPS) is 23.6. The van der Waals surface area contributed by atoms with Crippen LogP contribution in [0.15, 0.2) is 0 Å². The van der Waals surface area contributed by atoms with Crippen molar-refractivity contribution in [2.24, 2.45) is 5.92 Å². The molecule has 1 atom stereocenters. The molecule has 1 saturated heterocycles. The minimum absolute atomic E-state index is 0.443. The number of rotatable bonds is 4. The summed E-state index contributed by atoms with van der Waals surface area (Å²) in [5, 5.41) is 3.40. The highest BCUT2D eigenvalue weighted by Crippen LogP contribution is 2.26. The van der Waals surface area contributed by atoms with Crippen LogP contribution in [0.1, 0.15) is 47.5 Å². The van der Waals surface area contributed by atoms with Gasteiger partial charge in [-0.2, -0.15) is 0 Å². The van der Waals surface area contributed by atoms with Gasteiger partial charge in [-0.15, -0.1) is 0 Å². The molecule has 0 bridgehead atoms. The quantitative estimate of drug-likeness (QED) is 0.852. The van der Waals surface area contributed by atoms with Gasteiger partial charge >= 0.3 is 0 Å². The zero-order valence-corrected chi connectivity index (χ0v) is 13.2. The second kappa shape index (κ2) is 5.88. The second-order valence-electron chi connectivity index (χ2n) is 6.55. The first-order valence-electron chi connectivity index (χ1n) is 6.87. The molecule has 0 aromatic heterocycles. The van der Waals surface area contributed by atoms with Crippen LogP contribution in [0.2, 0.25) is 0 Å². The summed E-state index contributed by atoms with van der Waals surface area (Å²) in [6.07, 6.45) is 2.09. The first-order chi connectivity index (χ1) is 8.14. The van der Waals surface area contributed by atoms with Gasteiger partial charge < -0.3 is 5.32 Å². The molecule has 1 aliphatic heterocycles. The summed E-state index contributed by atoms with van der Waals surface area (Å²) < 4.78 is 25.8. The molecule has 0 spiro atoms. The predicted molar refractivity (Wildman–Crippen MR) is 76.1 cm³/mol. The van der Waals surface area contributed by atoms with Crippen molar-refractivity contribution in [1.82, 2.24) is 9.62 Å². The topological polar surface area (TPSA) is 49.4 Å². The lowest BCUT2D eigenvalue weighted by atomic mass is 9.99. The third-order valence-electron chi connectivity index (χ3n) is 3.41. The summed E-state index contributed by atoms with van der Waals surface area (Å²) in [4.78, 5) is 0. The molecule has 1 aliphatic rings. The number of piperidine rings is 1. The predicted octanol–water partition coefficient (Wildman–Crippen LogP) is 1.82. The molecule has 0 aliphatic carbocycles. The molecule has 0 aromatic carbocycles. The van der Waals surface area contributed by atoms with Crippen LogP contribution in [0.3, 0.4) is 0 Å². The minimum atomic E-state index is -3.17. The number of hydrogen-bond donors (Lipinski definition) is 1. The molecule has 1 unspecified atom stereocenters. The highest BCUT2D eigenvalue weighted by atomic mass is 32.2. The fourth-order valence-corrected chi connectivity index (χ4v) is 3.75. The van der Waals surface area contributed by atoms with Gasteiger partial charge in [0.1, 0.15) is 0 Å². The largest absolute Gasteiger partial charge is 0.314 e. The molecule has 1 rings (SSSR count). The van der Waals surface area contributed by atoms with Gasteiger partial charge in [0.05, 0.1) is 4.75 Å². The van der Waals surface area contributed by atoms with Gasteiger partial charge in [0.25, 0.3) is 0 Å². The van der Waals surface area contributed by atoms with Crippen molar-refractivity contribution in [3.8, 4) is 0 Å². The van der Waals surface area contributed by atoms with E-state index >= 15 is 0 Å². The number of nitrogens with zero attached hydrogens (tertiary/aromatic N) is 1. The highest BCUT2D eigenvalue weighted by Gasteiger charge is 2.37. The first kappa shape index (κ1) is 15.9. The Morgan fingerprint density at radius 1 is 1.33 bits per heavy atom. The Hall–Kier alpha value is -0.130. The minimum Gasteiger partial charge on any atom is -0.314 e. The van der Waals surface area contributed by atoms with Crippen molar-refractivity contribution in [2.75, 3.05) is 19.6 Å². The van der Waals surface area contributed by atoms with Gasteiger partial charge in [-0.1, -0.05) is 13.8 Å². The summed E-state index contributed by atoms with van der Waals surface area (Å²) in [5.41, 5.74) is 0. The fourth-order valence-electron chi connectivity index (χ4n) is 2.20. The smallest absolute Gasteiger partial charge is 0.219 e. The Bertz CT molecular complexity index is 358. The van der Waals surface area contributed by atoms with E-state index in [-0.39, 0.29) is 0 Å². The van der Waals surface area contributed by atoms with E-state index in [1.165, 1.54) is 0 Å². The lowest BCUT2D eigenvalue weighted by molar-refractivity contribution is 0.252. The monoisotopic (exact) mass is 276 g/mol. The van der Waals surface area contributed by atoms with E-state index in [0.717, 1.165) is 19.4 Å². The molecule has 0 radical (unpaired) electrons. The van der Waals surface area contributed by atoms with Gasteiger partial charge in [0, 0.05) is 19.1 Å².